The number of hydrogen-bond donors (Lipinski definition) is 1. The van der Waals surface area contributed by atoms with E-state index in [1.165, 1.54) is 12.1 Å². The van der Waals surface area contributed by atoms with Gasteiger partial charge in [-0.3, -0.25) is 0 Å². The second-order valence-electron chi connectivity index (χ2n) is 9.94. The first kappa shape index (κ1) is 22.0. The maximum atomic E-state index is 13.5. The van der Waals surface area contributed by atoms with Crippen LogP contribution >= 0.6 is 0 Å². The topological polar surface area (TPSA) is 62.4 Å². The number of aromatic nitrogens is 4. The molecule has 0 aliphatic carbocycles. The van der Waals surface area contributed by atoms with Gasteiger partial charge in [-0.05, 0) is 63.0 Å². The highest BCUT2D eigenvalue weighted by molar-refractivity contribution is 5.72. The molecule has 4 aromatic rings. The zero-order chi connectivity index (χ0) is 24.3. The predicted octanol–water partition coefficient (Wildman–Crippen LogP) is 3.82. The van der Waals surface area contributed by atoms with Crippen molar-refractivity contribution in [3.8, 4) is 28.3 Å². The fourth-order valence-electron chi connectivity index (χ4n) is 5.50. The molecule has 7 nitrogen and oxygen atoms in total. The molecule has 3 atom stereocenters. The summed E-state index contributed by atoms with van der Waals surface area (Å²) < 4.78 is 17.6. The summed E-state index contributed by atoms with van der Waals surface area (Å²) >= 11 is 0. The zero-order valence-corrected chi connectivity index (χ0v) is 20.1. The van der Waals surface area contributed by atoms with E-state index in [1.54, 1.807) is 18.5 Å². The average molecular weight is 473 g/mol. The van der Waals surface area contributed by atoms with E-state index >= 15 is 0 Å². The van der Waals surface area contributed by atoms with Gasteiger partial charge in [-0.15, -0.1) is 0 Å². The number of anilines is 1. The quantitative estimate of drug-likeness (QED) is 0.489. The largest absolute Gasteiger partial charge is 0.391 e. The fraction of sp³-hybridized carbons (Fsp3) is 0.333. The molecular formula is C27H29FN6O. The summed E-state index contributed by atoms with van der Waals surface area (Å²) in [4.78, 5) is 8.99. The molecule has 1 saturated heterocycles. The second kappa shape index (κ2) is 8.32. The summed E-state index contributed by atoms with van der Waals surface area (Å²) in [5.74, 6) is 0.751. The second-order valence-corrected chi connectivity index (χ2v) is 9.94. The molecule has 0 spiro atoms. The Balaban J connectivity index is 1.41. The zero-order valence-electron chi connectivity index (χ0n) is 20.1. The van der Waals surface area contributed by atoms with Gasteiger partial charge in [0.15, 0.2) is 5.82 Å². The summed E-state index contributed by atoms with van der Waals surface area (Å²) in [5.41, 5.74) is 6.18. The number of halogens is 1. The van der Waals surface area contributed by atoms with Gasteiger partial charge in [0.2, 0.25) is 0 Å². The Morgan fingerprint density at radius 1 is 1.06 bits per heavy atom. The highest BCUT2D eigenvalue weighted by atomic mass is 19.1. The Hall–Kier alpha value is -3.49. The van der Waals surface area contributed by atoms with Crippen molar-refractivity contribution in [2.45, 2.75) is 19.1 Å². The predicted molar refractivity (Wildman–Crippen MR) is 134 cm³/mol. The number of aliphatic hydroxyl groups excluding tert-OH is 1. The summed E-state index contributed by atoms with van der Waals surface area (Å²) in [6, 6.07) is 15.2. The third-order valence-corrected chi connectivity index (χ3v) is 7.28. The summed E-state index contributed by atoms with van der Waals surface area (Å²) in [6.07, 6.45) is 3.35. The maximum absolute atomic E-state index is 13.5. The number of hydrogen-bond acceptors (Lipinski definition) is 5. The molecule has 2 aliphatic rings. The molecule has 35 heavy (non-hydrogen) atoms. The summed E-state index contributed by atoms with van der Waals surface area (Å²) in [6.45, 7) is 4.50. The van der Waals surface area contributed by atoms with E-state index in [0.29, 0.717) is 6.54 Å². The Kier molecular flexibility index (Phi) is 5.23. The fourth-order valence-corrected chi connectivity index (χ4v) is 5.50. The molecular weight excluding hydrogens is 443 g/mol. The Morgan fingerprint density at radius 3 is 2.63 bits per heavy atom. The van der Waals surface area contributed by atoms with Crippen molar-refractivity contribution >= 4 is 5.69 Å². The monoisotopic (exact) mass is 472 g/mol. The van der Waals surface area contributed by atoms with Crippen LogP contribution in [0.15, 0.2) is 61.1 Å². The van der Waals surface area contributed by atoms with E-state index in [2.05, 4.69) is 61.8 Å². The molecule has 2 aromatic heterocycles. The van der Waals surface area contributed by atoms with Gasteiger partial charge >= 0.3 is 0 Å². The van der Waals surface area contributed by atoms with Gasteiger partial charge in [0.25, 0.3) is 0 Å². The molecule has 0 amide bonds. The van der Waals surface area contributed by atoms with Crippen LogP contribution < -0.4 is 4.90 Å². The average Bonchev–Trinajstić information content (AvgIpc) is 3.56. The van der Waals surface area contributed by atoms with Crippen LogP contribution in [-0.4, -0.2) is 69.2 Å². The molecule has 4 heterocycles. The molecule has 8 heteroatoms. The van der Waals surface area contributed by atoms with Gasteiger partial charge in [-0.25, -0.2) is 14.1 Å². The third-order valence-electron chi connectivity index (χ3n) is 7.28. The summed E-state index contributed by atoms with van der Waals surface area (Å²) in [7, 11) is 4.09. The lowest BCUT2D eigenvalue weighted by Gasteiger charge is -2.23. The van der Waals surface area contributed by atoms with Crippen LogP contribution in [0, 0.1) is 11.7 Å². The van der Waals surface area contributed by atoms with Gasteiger partial charge in [-0.2, -0.15) is 5.10 Å². The molecule has 2 aliphatic heterocycles. The smallest absolute Gasteiger partial charge is 0.179 e. The van der Waals surface area contributed by atoms with E-state index in [4.69, 9.17) is 0 Å². The molecule has 6 rings (SSSR count). The van der Waals surface area contributed by atoms with Crippen LogP contribution in [0.5, 0.6) is 0 Å². The third kappa shape index (κ3) is 3.73. The first-order valence-corrected chi connectivity index (χ1v) is 12.0. The molecule has 2 aromatic carbocycles. The number of benzene rings is 2. The van der Waals surface area contributed by atoms with E-state index in [0.717, 1.165) is 52.7 Å². The highest BCUT2D eigenvalue weighted by Crippen LogP contribution is 2.40. The number of fused-ring (bicyclic) bond motifs is 5. The lowest BCUT2D eigenvalue weighted by atomic mass is 10.0. The van der Waals surface area contributed by atoms with Crippen molar-refractivity contribution in [3.63, 3.8) is 0 Å². The number of nitrogens with zero attached hydrogens (tertiary/aromatic N) is 6. The van der Waals surface area contributed by atoms with Crippen molar-refractivity contribution in [2.24, 2.45) is 5.92 Å². The van der Waals surface area contributed by atoms with Crippen LogP contribution in [0.25, 0.3) is 28.3 Å². The van der Waals surface area contributed by atoms with Gasteiger partial charge in [0.05, 0.1) is 23.5 Å². The first-order chi connectivity index (χ1) is 16.9. The SMILES string of the molecule is CC1c2cc(N3C[C@@H](CN(C)C)[C@H](O)C3)ccc2-n2ncnc2-c2cc(-c3ccc(F)cc3)cn21. The van der Waals surface area contributed by atoms with Gasteiger partial charge < -0.3 is 19.5 Å². The van der Waals surface area contributed by atoms with Crippen LogP contribution in [0.4, 0.5) is 10.1 Å². The van der Waals surface area contributed by atoms with Crippen LogP contribution in [0.3, 0.4) is 0 Å². The van der Waals surface area contributed by atoms with Crippen molar-refractivity contribution in [2.75, 3.05) is 38.6 Å². The van der Waals surface area contributed by atoms with Gasteiger partial charge in [-0.1, -0.05) is 12.1 Å². The minimum absolute atomic E-state index is 0.0303. The van der Waals surface area contributed by atoms with E-state index in [1.807, 2.05) is 18.8 Å². The van der Waals surface area contributed by atoms with Gasteiger partial charge in [0, 0.05) is 48.6 Å². The van der Waals surface area contributed by atoms with Crippen molar-refractivity contribution in [1.29, 1.82) is 0 Å². The standard InChI is InChI=1S/C27H29FN6O/c1-17-23-11-22(32-13-20(12-31(2)3)26(35)15-32)8-9-24(23)34-27(29-16-30-34)25-10-19(14-33(17)25)18-4-6-21(28)7-5-18/h4-11,14,16-17,20,26,35H,12-13,15H2,1-3H3/t17?,20-,26-/m1/s1. The number of β-amino-alcohol motifs (C(OH)–C–C–N with tert-alkyl or cyclic N) is 1. The number of rotatable bonds is 4. The van der Waals surface area contributed by atoms with Crippen molar-refractivity contribution < 1.29 is 9.50 Å². The van der Waals surface area contributed by atoms with Crippen molar-refractivity contribution in [3.05, 3.63) is 72.4 Å². The first-order valence-electron chi connectivity index (χ1n) is 12.0. The molecule has 1 unspecified atom stereocenters. The lowest BCUT2D eigenvalue weighted by Crippen LogP contribution is -2.29. The lowest BCUT2D eigenvalue weighted by molar-refractivity contribution is 0.130. The van der Waals surface area contributed by atoms with Crippen LogP contribution in [-0.2, 0) is 0 Å². The number of aliphatic hydroxyl groups is 1. The molecule has 180 valence electrons. The Bertz CT molecular complexity index is 1370. The Labute approximate surface area is 204 Å². The minimum atomic E-state index is -0.343. The molecule has 1 fully saturated rings. The molecule has 1 N–H and O–H groups in total. The van der Waals surface area contributed by atoms with Gasteiger partial charge in [0.1, 0.15) is 12.1 Å². The van der Waals surface area contributed by atoms with Crippen molar-refractivity contribution in [1.82, 2.24) is 24.2 Å². The normalized spacial score (nSPS) is 21.1. The van der Waals surface area contributed by atoms with Crippen LogP contribution in [0.2, 0.25) is 0 Å². The van der Waals surface area contributed by atoms with E-state index < -0.39 is 0 Å². The minimum Gasteiger partial charge on any atom is -0.391 e. The van der Waals surface area contributed by atoms with E-state index in [-0.39, 0.29) is 23.9 Å². The van der Waals surface area contributed by atoms with Crippen LogP contribution in [0.1, 0.15) is 18.5 Å². The molecule has 0 bridgehead atoms. The summed E-state index contributed by atoms with van der Waals surface area (Å²) in [5, 5.41) is 15.2. The molecule has 0 saturated carbocycles. The molecule has 0 radical (unpaired) electrons. The maximum Gasteiger partial charge on any atom is 0.179 e. The Morgan fingerprint density at radius 2 is 1.86 bits per heavy atom. The van der Waals surface area contributed by atoms with E-state index in [9.17, 15) is 9.50 Å². The highest BCUT2D eigenvalue weighted by Gasteiger charge is 2.33.